The molecule has 3 N–H and O–H groups in total. The van der Waals surface area contributed by atoms with Crippen LogP contribution in [0.2, 0.25) is 0 Å². The fourth-order valence-electron chi connectivity index (χ4n) is 1.92. The van der Waals surface area contributed by atoms with Crippen LogP contribution in [0.4, 0.5) is 5.13 Å². The van der Waals surface area contributed by atoms with Gasteiger partial charge in [0.1, 0.15) is 0 Å². The van der Waals surface area contributed by atoms with Gasteiger partial charge in [0.05, 0.1) is 0 Å². The van der Waals surface area contributed by atoms with E-state index in [4.69, 9.17) is 5.73 Å². The minimum Gasteiger partial charge on any atom is -0.375 e. The lowest BCUT2D eigenvalue weighted by atomic mass is 9.95. The van der Waals surface area contributed by atoms with Gasteiger partial charge in [-0.05, 0) is 32.3 Å². The molecule has 3 nitrogen and oxygen atoms in total. The third-order valence-corrected chi connectivity index (χ3v) is 4.02. The first-order chi connectivity index (χ1) is 9.05. The number of nitrogens with zero attached hydrogens (tertiary/aromatic N) is 1. The number of hydrogen-bond donors (Lipinski definition) is 2. The summed E-state index contributed by atoms with van der Waals surface area (Å²) in [5, 5.41) is 4.21. The average molecular weight is 275 g/mol. The number of nitrogen functional groups attached to an aromatic ring is 1. The molecule has 0 fully saturated rings. The molecule has 1 heterocycles. The molecule has 102 valence electrons. The van der Waals surface area contributed by atoms with E-state index in [1.807, 2.05) is 6.20 Å². The van der Waals surface area contributed by atoms with Crippen LogP contribution in [0.25, 0.3) is 0 Å². The first-order valence-corrected chi connectivity index (χ1v) is 7.36. The maximum absolute atomic E-state index is 5.63. The maximum atomic E-state index is 5.63. The van der Waals surface area contributed by atoms with Crippen LogP contribution in [0, 0.1) is 0 Å². The number of nitrogens with one attached hydrogen (secondary N) is 1. The summed E-state index contributed by atoms with van der Waals surface area (Å²) >= 11 is 1.55. The van der Waals surface area contributed by atoms with Crippen LogP contribution in [0.3, 0.4) is 0 Å². The quantitative estimate of drug-likeness (QED) is 0.851. The van der Waals surface area contributed by atoms with E-state index in [0.29, 0.717) is 5.13 Å². The molecule has 0 atom stereocenters. The largest absolute Gasteiger partial charge is 0.375 e. The Hall–Kier alpha value is -1.39. The fraction of sp³-hybridized carbons (Fsp3) is 0.400. The first-order valence-electron chi connectivity index (χ1n) is 6.54. The molecule has 1 aromatic carbocycles. The van der Waals surface area contributed by atoms with Gasteiger partial charge < -0.3 is 11.1 Å². The van der Waals surface area contributed by atoms with Crippen LogP contribution < -0.4 is 11.1 Å². The zero-order valence-corrected chi connectivity index (χ0v) is 12.3. The molecular formula is C15H21N3S. The summed E-state index contributed by atoms with van der Waals surface area (Å²) in [6.45, 7) is 5.30. The minimum atomic E-state index is 0.106. The summed E-state index contributed by atoms with van der Waals surface area (Å²) in [6, 6.07) is 10.6. The highest BCUT2D eigenvalue weighted by Gasteiger charge is 2.17. The summed E-state index contributed by atoms with van der Waals surface area (Å²) < 4.78 is 0. The van der Waals surface area contributed by atoms with Gasteiger partial charge in [-0.2, -0.15) is 0 Å². The van der Waals surface area contributed by atoms with E-state index in [0.717, 1.165) is 19.4 Å². The van der Waals surface area contributed by atoms with Crippen molar-refractivity contribution in [2.45, 2.75) is 38.8 Å². The third kappa shape index (κ3) is 4.65. The van der Waals surface area contributed by atoms with Gasteiger partial charge >= 0.3 is 0 Å². The minimum absolute atomic E-state index is 0.106. The lowest BCUT2D eigenvalue weighted by Gasteiger charge is -2.26. The Morgan fingerprint density at radius 1 is 1.26 bits per heavy atom. The molecule has 0 saturated heterocycles. The topological polar surface area (TPSA) is 50.9 Å². The molecule has 4 heteroatoms. The number of benzene rings is 1. The van der Waals surface area contributed by atoms with Gasteiger partial charge in [0.15, 0.2) is 5.13 Å². The van der Waals surface area contributed by atoms with Gasteiger partial charge in [0, 0.05) is 23.2 Å². The molecule has 0 aliphatic rings. The monoisotopic (exact) mass is 275 g/mol. The average Bonchev–Trinajstić information content (AvgIpc) is 2.82. The molecule has 0 aliphatic heterocycles. The van der Waals surface area contributed by atoms with E-state index in [1.54, 1.807) is 11.3 Å². The number of anilines is 1. The number of aryl methyl sites for hydroxylation is 1. The number of hydrogen-bond acceptors (Lipinski definition) is 4. The summed E-state index contributed by atoms with van der Waals surface area (Å²) in [5.41, 5.74) is 7.13. The molecule has 2 aromatic rings. The molecule has 2 rings (SSSR count). The number of aromatic nitrogens is 1. The van der Waals surface area contributed by atoms with Crippen molar-refractivity contribution in [1.29, 1.82) is 0 Å². The Bertz CT molecular complexity index is 505. The second-order valence-electron chi connectivity index (χ2n) is 5.39. The molecule has 0 saturated carbocycles. The number of thiazole rings is 1. The Morgan fingerprint density at radius 3 is 2.63 bits per heavy atom. The van der Waals surface area contributed by atoms with E-state index in [1.165, 1.54) is 10.4 Å². The number of rotatable bonds is 6. The fourth-order valence-corrected chi connectivity index (χ4v) is 2.54. The zero-order chi connectivity index (χ0) is 13.7. The van der Waals surface area contributed by atoms with Crippen molar-refractivity contribution in [3.05, 3.63) is 47.0 Å². The Labute approximate surface area is 118 Å². The van der Waals surface area contributed by atoms with Crippen LogP contribution in [-0.2, 0) is 13.0 Å². The lowest BCUT2D eigenvalue weighted by Crippen LogP contribution is -2.38. The van der Waals surface area contributed by atoms with Gasteiger partial charge in [-0.15, -0.1) is 11.3 Å². The first kappa shape index (κ1) is 14.0. The standard InChI is InChI=1S/C15H21N3S/c1-15(2,9-8-12-6-4-3-5-7-12)18-11-13-10-17-14(16)19-13/h3-7,10,18H,8-9,11H2,1-2H3,(H2,16,17). The summed E-state index contributed by atoms with van der Waals surface area (Å²) in [4.78, 5) is 5.25. The highest BCUT2D eigenvalue weighted by atomic mass is 32.1. The van der Waals surface area contributed by atoms with E-state index in [9.17, 15) is 0 Å². The molecule has 0 radical (unpaired) electrons. The van der Waals surface area contributed by atoms with Crippen molar-refractivity contribution >= 4 is 16.5 Å². The maximum Gasteiger partial charge on any atom is 0.180 e. The predicted molar refractivity (Wildman–Crippen MR) is 82.2 cm³/mol. The van der Waals surface area contributed by atoms with E-state index >= 15 is 0 Å². The van der Waals surface area contributed by atoms with Gasteiger partial charge in [-0.3, -0.25) is 0 Å². The van der Waals surface area contributed by atoms with Crippen molar-refractivity contribution < 1.29 is 0 Å². The highest BCUT2D eigenvalue weighted by Crippen LogP contribution is 2.18. The molecule has 1 aromatic heterocycles. The van der Waals surface area contributed by atoms with Gasteiger partial charge in [0.2, 0.25) is 0 Å². The zero-order valence-electron chi connectivity index (χ0n) is 11.5. The smallest absolute Gasteiger partial charge is 0.180 e. The molecule has 0 aliphatic carbocycles. The summed E-state index contributed by atoms with van der Waals surface area (Å²) in [5.74, 6) is 0. The van der Waals surface area contributed by atoms with E-state index in [2.05, 4.69) is 54.5 Å². The predicted octanol–water partition coefficient (Wildman–Crippen LogP) is 3.23. The Balaban J connectivity index is 1.81. The lowest BCUT2D eigenvalue weighted by molar-refractivity contribution is 0.361. The van der Waals surface area contributed by atoms with Crippen LogP contribution in [0.1, 0.15) is 30.7 Å². The molecule has 0 unspecified atom stereocenters. The normalized spacial score (nSPS) is 11.7. The Kier molecular flexibility index (Phi) is 4.56. The van der Waals surface area contributed by atoms with Crippen LogP contribution in [0.5, 0.6) is 0 Å². The number of nitrogens with two attached hydrogens (primary N) is 1. The Morgan fingerprint density at radius 2 is 2.00 bits per heavy atom. The van der Waals surface area contributed by atoms with Gasteiger partial charge in [-0.1, -0.05) is 30.3 Å². The molecule has 0 spiro atoms. The van der Waals surface area contributed by atoms with E-state index < -0.39 is 0 Å². The molecule has 0 bridgehead atoms. The van der Waals surface area contributed by atoms with Crippen molar-refractivity contribution in [3.63, 3.8) is 0 Å². The van der Waals surface area contributed by atoms with Gasteiger partial charge in [-0.25, -0.2) is 4.98 Å². The van der Waals surface area contributed by atoms with Crippen LogP contribution >= 0.6 is 11.3 Å². The van der Waals surface area contributed by atoms with Crippen molar-refractivity contribution in [2.24, 2.45) is 0 Å². The highest BCUT2D eigenvalue weighted by molar-refractivity contribution is 7.15. The van der Waals surface area contributed by atoms with Crippen LogP contribution in [0.15, 0.2) is 36.5 Å². The molecule has 19 heavy (non-hydrogen) atoms. The SMILES string of the molecule is CC(C)(CCc1ccccc1)NCc1cnc(N)s1. The van der Waals surface area contributed by atoms with Crippen LogP contribution in [-0.4, -0.2) is 10.5 Å². The van der Waals surface area contributed by atoms with Crippen molar-refractivity contribution in [3.8, 4) is 0 Å². The second-order valence-corrected chi connectivity index (χ2v) is 6.53. The van der Waals surface area contributed by atoms with Crippen molar-refractivity contribution in [2.75, 3.05) is 5.73 Å². The molecular weight excluding hydrogens is 254 g/mol. The van der Waals surface area contributed by atoms with E-state index in [-0.39, 0.29) is 5.54 Å². The molecule has 0 amide bonds. The summed E-state index contributed by atoms with van der Waals surface area (Å²) in [7, 11) is 0. The summed E-state index contributed by atoms with van der Waals surface area (Å²) in [6.07, 6.45) is 4.04. The third-order valence-electron chi connectivity index (χ3n) is 3.19. The van der Waals surface area contributed by atoms with Gasteiger partial charge in [0.25, 0.3) is 0 Å². The second kappa shape index (κ2) is 6.17. The van der Waals surface area contributed by atoms with Crippen molar-refractivity contribution in [1.82, 2.24) is 10.3 Å².